The van der Waals surface area contributed by atoms with Gasteiger partial charge in [-0.3, -0.25) is 4.79 Å². The molecule has 0 spiro atoms. The van der Waals surface area contributed by atoms with E-state index in [1.807, 2.05) is 0 Å². The minimum atomic E-state index is -0.412. The van der Waals surface area contributed by atoms with Crippen LogP contribution in [0.3, 0.4) is 0 Å². The summed E-state index contributed by atoms with van der Waals surface area (Å²) in [5.41, 5.74) is 0.552. The maximum Gasteiger partial charge on any atom is 0.242 e. The molecular weight excluding hydrogens is 255 g/mol. The summed E-state index contributed by atoms with van der Waals surface area (Å²) in [5.74, 6) is -0.491. The van der Waals surface area contributed by atoms with Gasteiger partial charge in [0.2, 0.25) is 5.91 Å². The van der Waals surface area contributed by atoms with Crippen LogP contribution in [0.5, 0.6) is 0 Å². The van der Waals surface area contributed by atoms with Crippen molar-refractivity contribution in [1.29, 1.82) is 0 Å². The van der Waals surface area contributed by atoms with Crippen LogP contribution >= 0.6 is 11.6 Å². The first-order chi connectivity index (χ1) is 8.54. The van der Waals surface area contributed by atoms with Gasteiger partial charge in [0.25, 0.3) is 0 Å². The molecule has 0 bridgehead atoms. The number of hydrogen-bond donors (Lipinski definition) is 2. The predicted molar refractivity (Wildman–Crippen MR) is 72.4 cm³/mol. The Bertz CT molecular complexity index is 412. The molecule has 1 atom stereocenters. The molecule has 0 saturated heterocycles. The third-order valence-electron chi connectivity index (χ3n) is 2.53. The van der Waals surface area contributed by atoms with E-state index in [1.165, 1.54) is 18.2 Å². The fraction of sp³-hybridized carbons (Fsp3) is 0.462. The lowest BCUT2D eigenvalue weighted by molar-refractivity contribution is -0.121. The van der Waals surface area contributed by atoms with E-state index in [0.717, 1.165) is 12.8 Å². The third kappa shape index (κ3) is 4.53. The highest BCUT2D eigenvalue weighted by atomic mass is 35.5. The van der Waals surface area contributed by atoms with E-state index in [0.29, 0.717) is 12.2 Å². The highest BCUT2D eigenvalue weighted by Gasteiger charge is 2.13. The number of anilines is 1. The van der Waals surface area contributed by atoms with E-state index in [9.17, 15) is 9.18 Å². The zero-order valence-corrected chi connectivity index (χ0v) is 11.4. The average Bonchev–Trinajstić information content (AvgIpc) is 2.32. The Morgan fingerprint density at radius 3 is 2.83 bits per heavy atom. The number of nitrogens with one attached hydrogen (secondary N) is 2. The molecule has 0 aliphatic heterocycles. The summed E-state index contributed by atoms with van der Waals surface area (Å²) in [6.07, 6.45) is 1.99. The summed E-state index contributed by atoms with van der Waals surface area (Å²) >= 11 is 5.87. The topological polar surface area (TPSA) is 41.1 Å². The zero-order valence-electron chi connectivity index (χ0n) is 10.6. The number of halogens is 2. The monoisotopic (exact) mass is 272 g/mol. The molecule has 0 aliphatic rings. The number of carbonyl (C=O) groups is 1. The molecule has 100 valence electrons. The van der Waals surface area contributed by atoms with Gasteiger partial charge in [-0.15, -0.1) is 0 Å². The van der Waals surface area contributed by atoms with Crippen molar-refractivity contribution in [2.24, 2.45) is 0 Å². The van der Waals surface area contributed by atoms with E-state index in [4.69, 9.17) is 11.6 Å². The predicted octanol–water partition coefficient (Wildman–Crippen LogP) is 3.20. The Labute approximate surface area is 112 Å². The molecule has 0 heterocycles. The third-order valence-corrected chi connectivity index (χ3v) is 2.84. The lowest BCUT2D eigenvalue weighted by Gasteiger charge is -2.16. The zero-order chi connectivity index (χ0) is 13.5. The summed E-state index contributed by atoms with van der Waals surface area (Å²) < 4.78 is 12.9. The SMILES string of the molecule is CCCCNC(=O)C(C)Nc1ccc(F)cc1Cl. The second kappa shape index (κ2) is 7.21. The van der Waals surface area contributed by atoms with Crippen LogP contribution in [0.1, 0.15) is 26.7 Å². The summed E-state index contributed by atoms with van der Waals surface area (Å²) in [4.78, 5) is 11.7. The molecule has 18 heavy (non-hydrogen) atoms. The Morgan fingerprint density at radius 2 is 2.22 bits per heavy atom. The Kier molecular flexibility index (Phi) is 5.92. The van der Waals surface area contributed by atoms with Crippen molar-refractivity contribution in [3.8, 4) is 0 Å². The maximum atomic E-state index is 12.9. The van der Waals surface area contributed by atoms with Gasteiger partial charge in [0.05, 0.1) is 10.7 Å². The molecule has 0 fully saturated rings. The van der Waals surface area contributed by atoms with Crippen LogP contribution in [-0.4, -0.2) is 18.5 Å². The lowest BCUT2D eigenvalue weighted by atomic mass is 10.2. The molecule has 1 amide bonds. The Hall–Kier alpha value is -1.29. The van der Waals surface area contributed by atoms with Crippen molar-refractivity contribution in [3.05, 3.63) is 29.0 Å². The summed E-state index contributed by atoms with van der Waals surface area (Å²) in [5, 5.41) is 6.04. The van der Waals surface area contributed by atoms with Gasteiger partial charge in [0.1, 0.15) is 11.9 Å². The highest BCUT2D eigenvalue weighted by Crippen LogP contribution is 2.22. The van der Waals surface area contributed by atoms with Gasteiger partial charge in [0.15, 0.2) is 0 Å². The number of rotatable bonds is 6. The largest absolute Gasteiger partial charge is 0.373 e. The molecule has 5 heteroatoms. The quantitative estimate of drug-likeness (QED) is 0.781. The minimum absolute atomic E-state index is 0.0937. The highest BCUT2D eigenvalue weighted by molar-refractivity contribution is 6.33. The first-order valence-corrected chi connectivity index (χ1v) is 6.41. The van der Waals surface area contributed by atoms with E-state index in [-0.39, 0.29) is 10.9 Å². The molecule has 2 N–H and O–H groups in total. The summed E-state index contributed by atoms with van der Waals surface area (Å²) in [6.45, 7) is 4.46. The molecule has 0 radical (unpaired) electrons. The second-order valence-corrected chi connectivity index (χ2v) is 4.54. The van der Waals surface area contributed by atoms with Crippen molar-refractivity contribution in [2.75, 3.05) is 11.9 Å². The molecular formula is C13H18ClFN2O. The van der Waals surface area contributed by atoms with Gasteiger partial charge in [0, 0.05) is 6.54 Å². The van der Waals surface area contributed by atoms with Crippen LogP contribution in [0.4, 0.5) is 10.1 Å². The van der Waals surface area contributed by atoms with Gasteiger partial charge in [-0.05, 0) is 31.5 Å². The van der Waals surface area contributed by atoms with Crippen LogP contribution in [0.2, 0.25) is 5.02 Å². The summed E-state index contributed by atoms with van der Waals surface area (Å²) in [7, 11) is 0. The second-order valence-electron chi connectivity index (χ2n) is 4.13. The number of hydrogen-bond acceptors (Lipinski definition) is 2. The number of carbonyl (C=O) groups excluding carboxylic acids is 1. The van der Waals surface area contributed by atoms with Crippen molar-refractivity contribution >= 4 is 23.2 Å². The van der Waals surface area contributed by atoms with E-state index < -0.39 is 11.9 Å². The van der Waals surface area contributed by atoms with Crippen LogP contribution < -0.4 is 10.6 Å². The van der Waals surface area contributed by atoms with Crippen molar-refractivity contribution in [2.45, 2.75) is 32.7 Å². The minimum Gasteiger partial charge on any atom is -0.373 e. The maximum absolute atomic E-state index is 12.9. The molecule has 0 aliphatic carbocycles. The standard InChI is InChI=1S/C13H18ClFN2O/c1-3-4-7-16-13(18)9(2)17-12-6-5-10(15)8-11(12)14/h5-6,8-9,17H,3-4,7H2,1-2H3,(H,16,18). The first-order valence-electron chi connectivity index (χ1n) is 6.04. The molecule has 0 saturated carbocycles. The lowest BCUT2D eigenvalue weighted by Crippen LogP contribution is -2.38. The van der Waals surface area contributed by atoms with Crippen LogP contribution in [0.15, 0.2) is 18.2 Å². The van der Waals surface area contributed by atoms with Crippen molar-refractivity contribution in [3.63, 3.8) is 0 Å². The van der Waals surface area contributed by atoms with Gasteiger partial charge >= 0.3 is 0 Å². The van der Waals surface area contributed by atoms with Gasteiger partial charge in [-0.25, -0.2) is 4.39 Å². The van der Waals surface area contributed by atoms with Crippen LogP contribution in [-0.2, 0) is 4.79 Å². The van der Waals surface area contributed by atoms with Gasteiger partial charge in [-0.2, -0.15) is 0 Å². The molecule has 1 aromatic carbocycles. The average molecular weight is 273 g/mol. The van der Waals surface area contributed by atoms with Crippen molar-refractivity contribution in [1.82, 2.24) is 5.32 Å². The van der Waals surface area contributed by atoms with Crippen LogP contribution in [0.25, 0.3) is 0 Å². The first kappa shape index (κ1) is 14.8. The van der Waals surface area contributed by atoms with Gasteiger partial charge < -0.3 is 10.6 Å². The fourth-order valence-electron chi connectivity index (χ4n) is 1.45. The van der Waals surface area contributed by atoms with Gasteiger partial charge in [-0.1, -0.05) is 24.9 Å². The molecule has 1 aromatic rings. The Balaban J connectivity index is 2.53. The number of benzene rings is 1. The summed E-state index contributed by atoms with van der Waals surface area (Å²) in [6, 6.07) is 3.62. The number of unbranched alkanes of at least 4 members (excludes halogenated alkanes) is 1. The van der Waals surface area contributed by atoms with Crippen molar-refractivity contribution < 1.29 is 9.18 Å². The van der Waals surface area contributed by atoms with E-state index in [1.54, 1.807) is 6.92 Å². The van der Waals surface area contributed by atoms with E-state index in [2.05, 4.69) is 17.6 Å². The molecule has 3 nitrogen and oxygen atoms in total. The fourth-order valence-corrected chi connectivity index (χ4v) is 1.67. The van der Waals surface area contributed by atoms with Crippen LogP contribution in [0, 0.1) is 5.82 Å². The molecule has 1 rings (SSSR count). The molecule has 1 unspecified atom stereocenters. The van der Waals surface area contributed by atoms with E-state index >= 15 is 0 Å². The normalized spacial score (nSPS) is 12.0. The Morgan fingerprint density at radius 1 is 1.50 bits per heavy atom. The smallest absolute Gasteiger partial charge is 0.242 e. The number of amides is 1. The molecule has 0 aromatic heterocycles.